The number of ether oxygens (including phenoxy) is 2. The number of esters is 1. The van der Waals surface area contributed by atoms with Crippen molar-refractivity contribution in [2.45, 2.75) is 58.0 Å². The minimum atomic E-state index is -1.38. The van der Waals surface area contributed by atoms with Gasteiger partial charge in [-0.05, 0) is 60.9 Å². The Labute approximate surface area is 206 Å². The van der Waals surface area contributed by atoms with Gasteiger partial charge >= 0.3 is 11.9 Å². The van der Waals surface area contributed by atoms with Crippen molar-refractivity contribution < 1.29 is 24.2 Å². The number of carbonyl (C=O) groups is 2. The quantitative estimate of drug-likeness (QED) is 0.360. The van der Waals surface area contributed by atoms with Gasteiger partial charge in [-0.15, -0.1) is 0 Å². The van der Waals surface area contributed by atoms with Gasteiger partial charge in [0, 0.05) is 12.0 Å². The smallest absolute Gasteiger partial charge is 0.330 e. The lowest BCUT2D eigenvalue weighted by Gasteiger charge is -2.22. The van der Waals surface area contributed by atoms with Crippen molar-refractivity contribution in [2.75, 3.05) is 0 Å². The van der Waals surface area contributed by atoms with Gasteiger partial charge in [-0.3, -0.25) is 4.79 Å². The van der Waals surface area contributed by atoms with E-state index in [-0.39, 0.29) is 6.10 Å². The molecule has 2 aromatic carbocycles. The summed E-state index contributed by atoms with van der Waals surface area (Å²) in [6, 6.07) is 18.5. The Kier molecular flexibility index (Phi) is 6.98. The van der Waals surface area contributed by atoms with Crippen LogP contribution in [0.3, 0.4) is 0 Å². The van der Waals surface area contributed by atoms with E-state index < -0.39 is 34.6 Å². The van der Waals surface area contributed by atoms with Crippen LogP contribution < -0.4 is 4.74 Å². The van der Waals surface area contributed by atoms with Crippen LogP contribution in [0.4, 0.5) is 0 Å². The number of aliphatic carboxylic acids is 1. The van der Waals surface area contributed by atoms with Crippen LogP contribution in [-0.4, -0.2) is 23.1 Å². The second kappa shape index (κ2) is 9.95. The van der Waals surface area contributed by atoms with Crippen molar-refractivity contribution in [1.29, 1.82) is 5.26 Å². The van der Waals surface area contributed by atoms with Gasteiger partial charge in [-0.2, -0.15) is 5.26 Å². The number of carboxylic acid groups (broad SMARTS) is 1. The maximum atomic E-state index is 12.7. The number of benzene rings is 2. The number of nitrogens with zero attached hydrogens (tertiary/aromatic N) is 1. The number of nitriles is 1. The van der Waals surface area contributed by atoms with Crippen molar-refractivity contribution in [3.05, 3.63) is 72.3 Å². The molecule has 2 aromatic rings. The molecule has 0 bridgehead atoms. The summed E-state index contributed by atoms with van der Waals surface area (Å²) >= 11 is 0. The summed E-state index contributed by atoms with van der Waals surface area (Å²) in [7, 11) is 0. The zero-order valence-electron chi connectivity index (χ0n) is 20.1. The van der Waals surface area contributed by atoms with Crippen LogP contribution in [0.1, 0.15) is 57.4 Å². The highest BCUT2D eigenvalue weighted by molar-refractivity contribution is 5.86. The zero-order chi connectivity index (χ0) is 25.1. The largest absolute Gasteiger partial charge is 0.481 e. The third-order valence-electron chi connectivity index (χ3n) is 7.62. The lowest BCUT2D eigenvalue weighted by molar-refractivity contribution is -0.146. The summed E-state index contributed by atoms with van der Waals surface area (Å²) in [6.07, 6.45) is 7.89. The van der Waals surface area contributed by atoms with Crippen molar-refractivity contribution in [2.24, 2.45) is 16.7 Å². The van der Waals surface area contributed by atoms with Gasteiger partial charge in [0.05, 0.1) is 12.0 Å². The van der Waals surface area contributed by atoms with Crippen molar-refractivity contribution in [3.8, 4) is 17.6 Å². The average Bonchev–Trinajstić information content (AvgIpc) is 3.35. The molecular formula is C29H31NO5. The highest BCUT2D eigenvalue weighted by Crippen LogP contribution is 2.75. The van der Waals surface area contributed by atoms with Crippen molar-refractivity contribution >= 4 is 11.9 Å². The van der Waals surface area contributed by atoms with E-state index in [0.717, 1.165) is 32.1 Å². The number of hydrogen-bond donors (Lipinski definition) is 1. The maximum Gasteiger partial charge on any atom is 0.330 e. The molecule has 0 spiro atoms. The van der Waals surface area contributed by atoms with Gasteiger partial charge in [0.15, 0.2) is 0 Å². The number of carbonyl (C=O) groups excluding carboxylic acids is 1. The predicted molar refractivity (Wildman–Crippen MR) is 131 cm³/mol. The van der Waals surface area contributed by atoms with Gasteiger partial charge in [0.25, 0.3) is 0 Å². The molecule has 3 atom stereocenters. The highest BCUT2D eigenvalue weighted by Gasteiger charge is 2.78. The molecule has 2 saturated carbocycles. The number of carboxylic acids is 1. The Bertz CT molecular complexity index is 1140. The Hall–Kier alpha value is -3.59. The van der Waals surface area contributed by atoms with E-state index in [2.05, 4.69) is 6.07 Å². The summed E-state index contributed by atoms with van der Waals surface area (Å²) in [5.74, 6) is -1.77. The van der Waals surface area contributed by atoms with Crippen LogP contribution >= 0.6 is 0 Å². The molecule has 2 aliphatic carbocycles. The standard InChI is InChI=1S/C29H31NO5/c1-28(2)25(16-17-26(31)35-22-13-7-4-8-14-22)29(28,27(32)33)24(19-30)20-10-9-15-23(18-20)34-21-11-5-3-6-12-21/h3,5-6,9-12,15-18,22,24-25H,4,7-8,13-14H2,1-2H3,(H,32,33)/b17-16-/t24-,25-,29+/m0/s1. The number of allylic oxidation sites excluding steroid dienone is 1. The lowest BCUT2D eigenvalue weighted by atomic mass is 9.78. The molecule has 0 heterocycles. The first-order valence-corrected chi connectivity index (χ1v) is 12.2. The van der Waals surface area contributed by atoms with Gasteiger partial charge in [-0.25, -0.2) is 4.79 Å². The van der Waals surface area contributed by atoms with Crippen LogP contribution in [-0.2, 0) is 14.3 Å². The molecule has 0 aromatic heterocycles. The third kappa shape index (κ3) is 4.68. The molecule has 35 heavy (non-hydrogen) atoms. The first-order chi connectivity index (χ1) is 16.8. The molecule has 1 N–H and O–H groups in total. The molecular weight excluding hydrogens is 442 g/mol. The van der Waals surface area contributed by atoms with Gasteiger partial charge < -0.3 is 14.6 Å². The summed E-state index contributed by atoms with van der Waals surface area (Å²) in [5, 5.41) is 20.5. The summed E-state index contributed by atoms with van der Waals surface area (Å²) in [5.41, 5.74) is -1.55. The summed E-state index contributed by atoms with van der Waals surface area (Å²) in [6.45, 7) is 3.66. The molecule has 2 fully saturated rings. The summed E-state index contributed by atoms with van der Waals surface area (Å²) < 4.78 is 11.5. The second-order valence-electron chi connectivity index (χ2n) is 9.98. The molecule has 0 unspecified atom stereocenters. The average molecular weight is 474 g/mol. The van der Waals surface area contributed by atoms with Crippen LogP contribution in [0.5, 0.6) is 11.5 Å². The van der Waals surface area contributed by atoms with Crippen LogP contribution in [0.25, 0.3) is 0 Å². The SMILES string of the molecule is CC1(C)[C@H](/C=C\C(=O)OC2CCCCC2)[C@@]1(C(=O)O)[C@@H](C#N)c1cccc(Oc2ccccc2)c1. The van der Waals surface area contributed by atoms with Crippen LogP contribution in [0, 0.1) is 28.1 Å². The van der Waals surface area contributed by atoms with Crippen molar-refractivity contribution in [3.63, 3.8) is 0 Å². The molecule has 0 saturated heterocycles. The maximum absolute atomic E-state index is 12.7. The van der Waals surface area contributed by atoms with Crippen molar-refractivity contribution in [1.82, 2.24) is 0 Å². The predicted octanol–water partition coefficient (Wildman–Crippen LogP) is 6.25. The first kappa shape index (κ1) is 24.5. The normalized spacial score (nSPS) is 24.3. The van der Waals surface area contributed by atoms with Crippen LogP contribution in [0.15, 0.2) is 66.7 Å². The minimum absolute atomic E-state index is 0.0726. The van der Waals surface area contributed by atoms with E-state index in [1.54, 1.807) is 30.3 Å². The fourth-order valence-electron chi connectivity index (χ4n) is 5.70. The Balaban J connectivity index is 1.57. The molecule has 6 nitrogen and oxygen atoms in total. The topological polar surface area (TPSA) is 96.6 Å². The Morgan fingerprint density at radius 1 is 1.06 bits per heavy atom. The molecule has 0 aliphatic heterocycles. The Morgan fingerprint density at radius 2 is 1.74 bits per heavy atom. The lowest BCUT2D eigenvalue weighted by Crippen LogP contribution is -2.28. The van der Waals surface area contributed by atoms with E-state index in [1.807, 2.05) is 44.2 Å². The van der Waals surface area contributed by atoms with E-state index in [1.165, 1.54) is 6.08 Å². The minimum Gasteiger partial charge on any atom is -0.481 e. The van der Waals surface area contributed by atoms with Gasteiger partial charge in [0.2, 0.25) is 0 Å². The zero-order valence-corrected chi connectivity index (χ0v) is 20.1. The second-order valence-corrected chi connectivity index (χ2v) is 9.98. The van der Waals surface area contributed by atoms with E-state index >= 15 is 0 Å². The number of para-hydroxylation sites is 1. The molecule has 2 aliphatic rings. The van der Waals surface area contributed by atoms with E-state index in [0.29, 0.717) is 17.1 Å². The highest BCUT2D eigenvalue weighted by atomic mass is 16.5. The molecule has 182 valence electrons. The molecule has 4 rings (SSSR count). The van der Waals surface area contributed by atoms with Gasteiger partial charge in [0.1, 0.15) is 23.0 Å². The molecule has 6 heteroatoms. The monoisotopic (exact) mass is 473 g/mol. The third-order valence-corrected chi connectivity index (χ3v) is 7.62. The van der Waals surface area contributed by atoms with E-state index in [9.17, 15) is 20.0 Å². The molecule has 0 radical (unpaired) electrons. The fraction of sp³-hybridized carbons (Fsp3) is 0.414. The number of hydrogen-bond acceptors (Lipinski definition) is 5. The van der Waals surface area contributed by atoms with Crippen LogP contribution in [0.2, 0.25) is 0 Å². The van der Waals surface area contributed by atoms with E-state index in [4.69, 9.17) is 9.47 Å². The number of rotatable bonds is 8. The van der Waals surface area contributed by atoms with Gasteiger partial charge in [-0.1, -0.05) is 56.7 Å². The first-order valence-electron chi connectivity index (χ1n) is 12.2. The Morgan fingerprint density at radius 3 is 2.40 bits per heavy atom. The fourth-order valence-corrected chi connectivity index (χ4v) is 5.70. The molecule has 0 amide bonds. The summed E-state index contributed by atoms with van der Waals surface area (Å²) in [4.78, 5) is 25.1.